The van der Waals surface area contributed by atoms with Gasteiger partial charge in [-0.05, 0) is 18.8 Å². The third-order valence-corrected chi connectivity index (χ3v) is 3.56. The predicted molar refractivity (Wildman–Crippen MR) is 63.6 cm³/mol. The van der Waals surface area contributed by atoms with Crippen LogP contribution >= 0.6 is 0 Å². The molecule has 1 aliphatic rings. The van der Waals surface area contributed by atoms with E-state index in [4.69, 9.17) is 5.73 Å². The van der Waals surface area contributed by atoms with E-state index in [0.717, 1.165) is 25.7 Å². The number of non-ortho nitro benzene ring substituents is 1. The van der Waals surface area contributed by atoms with Gasteiger partial charge in [-0.2, -0.15) is 0 Å². The van der Waals surface area contributed by atoms with Gasteiger partial charge in [-0.15, -0.1) is 0 Å². The molecule has 0 radical (unpaired) electrons. The highest BCUT2D eigenvalue weighted by molar-refractivity contribution is 5.46. The molecule has 1 aliphatic carbocycles. The Labute approximate surface area is 104 Å². The Morgan fingerprint density at radius 3 is 2.61 bits per heavy atom. The standard InChI is InChI=1S/C12H15FN2O3/c13-10-6-8(15(17)18)5-9(12(10)16)11(14)7-3-1-2-4-7/h5-7,11,16H,1-4,14H2/t11-/m0/s1. The van der Waals surface area contributed by atoms with Crippen molar-refractivity contribution in [3.05, 3.63) is 33.6 Å². The summed E-state index contributed by atoms with van der Waals surface area (Å²) in [5, 5.41) is 20.3. The number of hydrogen-bond donors (Lipinski definition) is 2. The van der Waals surface area contributed by atoms with Crippen LogP contribution in [0.5, 0.6) is 5.75 Å². The molecule has 0 aromatic heterocycles. The Balaban J connectivity index is 2.38. The molecule has 98 valence electrons. The maximum atomic E-state index is 13.4. The Hall–Kier alpha value is -1.69. The molecule has 2 rings (SSSR count). The summed E-state index contributed by atoms with van der Waals surface area (Å²) in [7, 11) is 0. The number of hydrogen-bond acceptors (Lipinski definition) is 4. The molecular weight excluding hydrogens is 239 g/mol. The number of benzene rings is 1. The van der Waals surface area contributed by atoms with Crippen LogP contribution < -0.4 is 5.73 Å². The van der Waals surface area contributed by atoms with Crippen molar-refractivity contribution in [1.82, 2.24) is 0 Å². The zero-order chi connectivity index (χ0) is 13.3. The van der Waals surface area contributed by atoms with E-state index >= 15 is 0 Å². The Bertz CT molecular complexity index is 473. The number of phenols is 1. The minimum atomic E-state index is -0.993. The Morgan fingerprint density at radius 1 is 1.44 bits per heavy atom. The van der Waals surface area contributed by atoms with Gasteiger partial charge in [0.2, 0.25) is 0 Å². The van der Waals surface area contributed by atoms with Crippen LogP contribution in [0, 0.1) is 21.8 Å². The fourth-order valence-electron chi connectivity index (χ4n) is 2.54. The van der Waals surface area contributed by atoms with Gasteiger partial charge in [-0.1, -0.05) is 12.8 Å². The lowest BCUT2D eigenvalue weighted by Gasteiger charge is -2.20. The predicted octanol–water partition coefficient (Wildman–Crippen LogP) is 2.63. The molecule has 0 heterocycles. The second-order valence-electron chi connectivity index (χ2n) is 4.69. The van der Waals surface area contributed by atoms with Crippen molar-refractivity contribution < 1.29 is 14.4 Å². The van der Waals surface area contributed by atoms with E-state index in [-0.39, 0.29) is 17.2 Å². The zero-order valence-corrected chi connectivity index (χ0v) is 9.80. The van der Waals surface area contributed by atoms with Gasteiger partial charge in [0, 0.05) is 17.7 Å². The monoisotopic (exact) mass is 254 g/mol. The highest BCUT2D eigenvalue weighted by Crippen LogP contribution is 2.39. The first-order chi connectivity index (χ1) is 8.50. The fraction of sp³-hybridized carbons (Fsp3) is 0.500. The van der Waals surface area contributed by atoms with Crippen LogP contribution in [0.4, 0.5) is 10.1 Å². The van der Waals surface area contributed by atoms with E-state index in [2.05, 4.69) is 0 Å². The summed E-state index contributed by atoms with van der Waals surface area (Å²) in [5.74, 6) is -1.41. The minimum absolute atomic E-state index is 0.133. The van der Waals surface area contributed by atoms with E-state index < -0.39 is 22.5 Å². The smallest absolute Gasteiger partial charge is 0.272 e. The van der Waals surface area contributed by atoms with Gasteiger partial charge < -0.3 is 10.8 Å². The summed E-state index contributed by atoms with van der Waals surface area (Å²) in [6.45, 7) is 0. The van der Waals surface area contributed by atoms with Gasteiger partial charge in [0.1, 0.15) is 0 Å². The topological polar surface area (TPSA) is 89.4 Å². The lowest BCUT2D eigenvalue weighted by Crippen LogP contribution is -2.19. The molecule has 0 amide bonds. The molecule has 0 unspecified atom stereocenters. The average Bonchev–Trinajstić information content (AvgIpc) is 2.85. The maximum absolute atomic E-state index is 13.4. The molecule has 1 fully saturated rings. The van der Waals surface area contributed by atoms with Gasteiger partial charge in [-0.3, -0.25) is 10.1 Å². The molecule has 0 aliphatic heterocycles. The average molecular weight is 254 g/mol. The molecule has 0 spiro atoms. The van der Waals surface area contributed by atoms with E-state index in [1.807, 2.05) is 0 Å². The molecular formula is C12H15FN2O3. The van der Waals surface area contributed by atoms with Gasteiger partial charge in [0.25, 0.3) is 5.69 Å². The van der Waals surface area contributed by atoms with Gasteiger partial charge in [-0.25, -0.2) is 4.39 Å². The van der Waals surface area contributed by atoms with Crippen molar-refractivity contribution >= 4 is 5.69 Å². The highest BCUT2D eigenvalue weighted by atomic mass is 19.1. The van der Waals surface area contributed by atoms with Gasteiger partial charge in [0.15, 0.2) is 11.6 Å². The van der Waals surface area contributed by atoms with Crippen molar-refractivity contribution in [2.45, 2.75) is 31.7 Å². The summed E-state index contributed by atoms with van der Waals surface area (Å²) in [6.07, 6.45) is 3.92. The number of phenolic OH excluding ortho intramolecular Hbond substituents is 1. The first kappa shape index (κ1) is 12.8. The van der Waals surface area contributed by atoms with Crippen LogP contribution in [0.2, 0.25) is 0 Å². The van der Waals surface area contributed by atoms with Crippen molar-refractivity contribution in [2.24, 2.45) is 11.7 Å². The maximum Gasteiger partial charge on any atom is 0.272 e. The van der Waals surface area contributed by atoms with Gasteiger partial charge >= 0.3 is 0 Å². The summed E-state index contributed by atoms with van der Waals surface area (Å²) >= 11 is 0. The normalized spacial score (nSPS) is 17.9. The number of nitro groups is 1. The molecule has 0 bridgehead atoms. The Kier molecular flexibility index (Phi) is 3.47. The lowest BCUT2D eigenvalue weighted by atomic mass is 9.91. The van der Waals surface area contributed by atoms with E-state index in [0.29, 0.717) is 6.07 Å². The van der Waals surface area contributed by atoms with Crippen LogP contribution in [0.25, 0.3) is 0 Å². The largest absolute Gasteiger partial charge is 0.505 e. The summed E-state index contributed by atoms with van der Waals surface area (Å²) in [5.41, 5.74) is 5.74. The third kappa shape index (κ3) is 2.28. The van der Waals surface area contributed by atoms with Crippen LogP contribution in [0.1, 0.15) is 37.3 Å². The van der Waals surface area contributed by atoms with Gasteiger partial charge in [0.05, 0.1) is 11.0 Å². The number of nitrogens with two attached hydrogens (primary N) is 1. The van der Waals surface area contributed by atoms with Crippen molar-refractivity contribution in [3.63, 3.8) is 0 Å². The quantitative estimate of drug-likeness (QED) is 0.641. The molecule has 6 heteroatoms. The van der Waals surface area contributed by atoms with E-state index in [1.54, 1.807) is 0 Å². The van der Waals surface area contributed by atoms with Crippen LogP contribution in [0.3, 0.4) is 0 Å². The molecule has 1 atom stereocenters. The van der Waals surface area contributed by atoms with Crippen molar-refractivity contribution in [3.8, 4) is 5.75 Å². The third-order valence-electron chi connectivity index (χ3n) is 3.56. The SMILES string of the molecule is N[C@H](c1cc([N+](=O)[O-])cc(F)c1O)C1CCCC1. The zero-order valence-electron chi connectivity index (χ0n) is 9.80. The summed E-state index contributed by atoms with van der Waals surface area (Å²) < 4.78 is 13.4. The fourth-order valence-corrected chi connectivity index (χ4v) is 2.54. The molecule has 0 saturated heterocycles. The van der Waals surface area contributed by atoms with Crippen molar-refractivity contribution in [2.75, 3.05) is 0 Å². The number of aromatic hydroxyl groups is 1. The molecule has 1 saturated carbocycles. The van der Waals surface area contributed by atoms with Crippen LogP contribution in [-0.2, 0) is 0 Å². The molecule has 5 nitrogen and oxygen atoms in total. The number of nitrogens with zero attached hydrogens (tertiary/aromatic N) is 1. The second-order valence-corrected chi connectivity index (χ2v) is 4.69. The first-order valence-corrected chi connectivity index (χ1v) is 5.93. The minimum Gasteiger partial charge on any atom is -0.505 e. The number of rotatable bonds is 3. The van der Waals surface area contributed by atoms with Crippen molar-refractivity contribution in [1.29, 1.82) is 0 Å². The molecule has 1 aromatic rings. The summed E-state index contributed by atoms with van der Waals surface area (Å²) in [4.78, 5) is 9.99. The van der Waals surface area contributed by atoms with E-state index in [9.17, 15) is 19.6 Å². The second kappa shape index (κ2) is 4.89. The lowest BCUT2D eigenvalue weighted by molar-refractivity contribution is -0.385. The Morgan fingerprint density at radius 2 is 2.06 bits per heavy atom. The number of nitro benzene ring substituents is 1. The molecule has 1 aromatic carbocycles. The molecule has 18 heavy (non-hydrogen) atoms. The summed E-state index contributed by atoms with van der Waals surface area (Å²) in [6, 6.07) is 1.32. The van der Waals surface area contributed by atoms with Crippen LogP contribution in [-0.4, -0.2) is 10.0 Å². The first-order valence-electron chi connectivity index (χ1n) is 5.93. The number of halogens is 1. The van der Waals surface area contributed by atoms with Crippen LogP contribution in [0.15, 0.2) is 12.1 Å². The molecule has 3 N–H and O–H groups in total. The van der Waals surface area contributed by atoms with E-state index in [1.165, 1.54) is 6.07 Å². The highest BCUT2D eigenvalue weighted by Gasteiger charge is 2.28.